The maximum Gasteiger partial charge on any atom is 0.220 e. The van der Waals surface area contributed by atoms with E-state index in [1.165, 1.54) is 0 Å². The van der Waals surface area contributed by atoms with E-state index in [0.29, 0.717) is 17.9 Å². The lowest BCUT2D eigenvalue weighted by Gasteiger charge is -2.11. The van der Waals surface area contributed by atoms with Crippen molar-refractivity contribution >= 4 is 5.91 Å². The van der Waals surface area contributed by atoms with E-state index in [1.807, 2.05) is 18.2 Å². The molecule has 0 heterocycles. The molecule has 0 saturated heterocycles. The fraction of sp³-hybridized carbons (Fsp3) is 0.533. The Morgan fingerprint density at radius 1 is 1.30 bits per heavy atom. The summed E-state index contributed by atoms with van der Waals surface area (Å²) in [6.45, 7) is 1.73. The molecule has 0 radical (unpaired) electrons. The minimum Gasteiger partial charge on any atom is -0.493 e. The third-order valence-corrected chi connectivity index (χ3v) is 3.00. The van der Waals surface area contributed by atoms with Crippen molar-refractivity contribution in [3.63, 3.8) is 0 Å². The molecule has 5 nitrogen and oxygen atoms in total. The van der Waals surface area contributed by atoms with Crippen molar-refractivity contribution in [3.05, 3.63) is 23.8 Å². The summed E-state index contributed by atoms with van der Waals surface area (Å²) in [5.74, 6) is 1.36. The predicted molar refractivity (Wildman–Crippen MR) is 77.2 cm³/mol. The molecule has 0 aliphatic rings. The highest BCUT2D eigenvalue weighted by atomic mass is 16.5. The number of nitrogens with one attached hydrogen (secondary N) is 1. The summed E-state index contributed by atoms with van der Waals surface area (Å²) < 4.78 is 10.4. The van der Waals surface area contributed by atoms with E-state index in [4.69, 9.17) is 14.6 Å². The number of aliphatic hydroxyl groups is 1. The summed E-state index contributed by atoms with van der Waals surface area (Å²) in [6.07, 6.45) is 1.99. The number of aliphatic hydroxyl groups excluding tert-OH is 1. The van der Waals surface area contributed by atoms with Crippen molar-refractivity contribution in [1.82, 2.24) is 5.32 Å². The van der Waals surface area contributed by atoms with Crippen LogP contribution in [-0.2, 0) is 11.2 Å². The summed E-state index contributed by atoms with van der Waals surface area (Å²) in [7, 11) is 3.20. The molecule has 0 bridgehead atoms. The lowest BCUT2D eigenvalue weighted by atomic mass is 10.1. The van der Waals surface area contributed by atoms with Gasteiger partial charge >= 0.3 is 0 Å². The molecule has 0 spiro atoms. The quantitative estimate of drug-likeness (QED) is 0.758. The van der Waals surface area contributed by atoms with Crippen LogP contribution in [0.5, 0.6) is 11.5 Å². The van der Waals surface area contributed by atoms with Crippen LogP contribution in [0, 0.1) is 0 Å². The van der Waals surface area contributed by atoms with E-state index >= 15 is 0 Å². The molecule has 1 aromatic carbocycles. The molecule has 0 aliphatic carbocycles. The van der Waals surface area contributed by atoms with Gasteiger partial charge in [0.1, 0.15) is 0 Å². The summed E-state index contributed by atoms with van der Waals surface area (Å²) in [5, 5.41) is 11.6. The van der Waals surface area contributed by atoms with Gasteiger partial charge in [-0.2, -0.15) is 0 Å². The Morgan fingerprint density at radius 3 is 2.60 bits per heavy atom. The Kier molecular flexibility index (Phi) is 6.87. The number of carbonyl (C=O) groups excluding carboxylic acids is 1. The maximum absolute atomic E-state index is 11.6. The van der Waals surface area contributed by atoms with Gasteiger partial charge in [-0.15, -0.1) is 0 Å². The summed E-state index contributed by atoms with van der Waals surface area (Å²) >= 11 is 0. The first-order chi connectivity index (χ1) is 9.60. The molecule has 112 valence electrons. The van der Waals surface area contributed by atoms with Gasteiger partial charge in [-0.25, -0.2) is 0 Å². The highest BCUT2D eigenvalue weighted by Gasteiger charge is 2.07. The molecule has 2 N–H and O–H groups in total. The number of benzene rings is 1. The second kappa shape index (κ2) is 8.43. The normalized spacial score (nSPS) is 11.8. The van der Waals surface area contributed by atoms with Crippen LogP contribution in [0.25, 0.3) is 0 Å². The van der Waals surface area contributed by atoms with Crippen molar-refractivity contribution < 1.29 is 19.4 Å². The third kappa shape index (κ3) is 5.09. The standard InChI is InChI=1S/C15H23NO4/c1-11(10-17)16-15(18)6-4-5-12-7-8-13(19-2)14(9-12)20-3/h7-9,11,17H,4-6,10H2,1-3H3,(H,16,18). The Hall–Kier alpha value is -1.75. The molecule has 0 aliphatic heterocycles. The second-order valence-electron chi connectivity index (χ2n) is 4.69. The first-order valence-electron chi connectivity index (χ1n) is 6.71. The van der Waals surface area contributed by atoms with Gasteiger partial charge in [-0.1, -0.05) is 6.07 Å². The van der Waals surface area contributed by atoms with Crippen molar-refractivity contribution in [2.45, 2.75) is 32.2 Å². The Labute approximate surface area is 119 Å². The molecule has 1 atom stereocenters. The molecule has 1 rings (SSSR count). The highest BCUT2D eigenvalue weighted by Crippen LogP contribution is 2.28. The van der Waals surface area contributed by atoms with Crippen LogP contribution in [0.2, 0.25) is 0 Å². The van der Waals surface area contributed by atoms with E-state index in [2.05, 4.69) is 5.32 Å². The lowest BCUT2D eigenvalue weighted by molar-refractivity contribution is -0.122. The second-order valence-corrected chi connectivity index (χ2v) is 4.69. The minimum atomic E-state index is -0.191. The maximum atomic E-state index is 11.6. The fourth-order valence-electron chi connectivity index (χ4n) is 1.88. The van der Waals surface area contributed by atoms with Gasteiger partial charge in [0.25, 0.3) is 0 Å². The van der Waals surface area contributed by atoms with Crippen molar-refractivity contribution in [1.29, 1.82) is 0 Å². The zero-order valence-corrected chi connectivity index (χ0v) is 12.3. The number of hydrogen-bond acceptors (Lipinski definition) is 4. The Morgan fingerprint density at radius 2 is 2.00 bits per heavy atom. The number of amides is 1. The van der Waals surface area contributed by atoms with Crippen LogP contribution in [0.15, 0.2) is 18.2 Å². The molecular weight excluding hydrogens is 258 g/mol. The first-order valence-corrected chi connectivity index (χ1v) is 6.71. The number of hydrogen-bond donors (Lipinski definition) is 2. The largest absolute Gasteiger partial charge is 0.493 e. The van der Waals surface area contributed by atoms with Crippen molar-refractivity contribution in [2.24, 2.45) is 0 Å². The molecule has 0 aromatic heterocycles. The van der Waals surface area contributed by atoms with Crippen LogP contribution in [0.4, 0.5) is 0 Å². The molecule has 0 saturated carbocycles. The smallest absolute Gasteiger partial charge is 0.220 e. The van der Waals surface area contributed by atoms with Crippen molar-refractivity contribution in [2.75, 3.05) is 20.8 Å². The summed E-state index contributed by atoms with van der Waals surface area (Å²) in [5.41, 5.74) is 1.10. The van der Waals surface area contributed by atoms with Crippen LogP contribution in [-0.4, -0.2) is 37.9 Å². The topological polar surface area (TPSA) is 67.8 Å². The molecule has 20 heavy (non-hydrogen) atoms. The molecule has 1 unspecified atom stereocenters. The average molecular weight is 281 g/mol. The number of aryl methyl sites for hydroxylation is 1. The van der Waals surface area contributed by atoms with E-state index in [0.717, 1.165) is 18.4 Å². The van der Waals surface area contributed by atoms with Gasteiger partial charge < -0.3 is 19.9 Å². The Bertz CT molecular complexity index is 434. The predicted octanol–water partition coefficient (Wildman–Crippen LogP) is 1.52. The zero-order chi connectivity index (χ0) is 15.0. The van der Waals surface area contributed by atoms with Gasteiger partial charge in [0.2, 0.25) is 5.91 Å². The zero-order valence-electron chi connectivity index (χ0n) is 12.3. The number of rotatable bonds is 8. The number of methoxy groups -OCH3 is 2. The van der Waals surface area contributed by atoms with Gasteiger partial charge in [0, 0.05) is 12.5 Å². The number of ether oxygens (including phenoxy) is 2. The molecule has 1 aromatic rings. The molecule has 0 fully saturated rings. The van der Waals surface area contributed by atoms with E-state index < -0.39 is 0 Å². The fourth-order valence-corrected chi connectivity index (χ4v) is 1.88. The van der Waals surface area contributed by atoms with Gasteiger partial charge in [0.05, 0.1) is 20.8 Å². The monoisotopic (exact) mass is 281 g/mol. The Balaban J connectivity index is 2.44. The first kappa shape index (κ1) is 16.3. The molecular formula is C15H23NO4. The minimum absolute atomic E-state index is 0.0352. The van der Waals surface area contributed by atoms with E-state index in [1.54, 1.807) is 21.1 Å². The van der Waals surface area contributed by atoms with Gasteiger partial charge in [0.15, 0.2) is 11.5 Å². The van der Waals surface area contributed by atoms with Crippen LogP contribution in [0.3, 0.4) is 0 Å². The molecule has 5 heteroatoms. The summed E-state index contributed by atoms with van der Waals surface area (Å²) in [6, 6.07) is 5.56. The highest BCUT2D eigenvalue weighted by molar-refractivity contribution is 5.76. The van der Waals surface area contributed by atoms with Crippen molar-refractivity contribution in [3.8, 4) is 11.5 Å². The lowest BCUT2D eigenvalue weighted by Crippen LogP contribution is -2.34. The van der Waals surface area contributed by atoms with E-state index in [-0.39, 0.29) is 18.6 Å². The third-order valence-electron chi connectivity index (χ3n) is 3.00. The number of carbonyl (C=O) groups is 1. The summed E-state index contributed by atoms with van der Waals surface area (Å²) in [4.78, 5) is 11.6. The van der Waals surface area contributed by atoms with Crippen LogP contribution in [0.1, 0.15) is 25.3 Å². The van der Waals surface area contributed by atoms with Crippen LogP contribution >= 0.6 is 0 Å². The molecule has 1 amide bonds. The van der Waals surface area contributed by atoms with E-state index in [9.17, 15) is 4.79 Å². The average Bonchev–Trinajstić information content (AvgIpc) is 2.46. The van der Waals surface area contributed by atoms with Crippen LogP contribution < -0.4 is 14.8 Å². The van der Waals surface area contributed by atoms with Gasteiger partial charge in [-0.05, 0) is 37.5 Å². The van der Waals surface area contributed by atoms with Gasteiger partial charge in [-0.3, -0.25) is 4.79 Å². The SMILES string of the molecule is COc1ccc(CCCC(=O)NC(C)CO)cc1OC.